The molecular formula is C21H21N3O5. The lowest BCUT2D eigenvalue weighted by molar-refractivity contribution is -0.117. The van der Waals surface area contributed by atoms with Crippen LogP contribution < -0.4 is 19.1 Å². The van der Waals surface area contributed by atoms with Crippen LogP contribution in [0.5, 0.6) is 17.2 Å². The number of rotatable bonds is 6. The summed E-state index contributed by atoms with van der Waals surface area (Å²) in [5.74, 6) is 2.71. The zero-order valence-corrected chi connectivity index (χ0v) is 16.4. The van der Waals surface area contributed by atoms with Gasteiger partial charge in [-0.3, -0.25) is 4.79 Å². The molecule has 2 heterocycles. The molecular weight excluding hydrogens is 374 g/mol. The summed E-state index contributed by atoms with van der Waals surface area (Å²) in [5.41, 5.74) is 1.54. The van der Waals surface area contributed by atoms with Gasteiger partial charge in [-0.25, -0.2) is 0 Å². The zero-order chi connectivity index (χ0) is 20.4. The van der Waals surface area contributed by atoms with Crippen LogP contribution in [0.25, 0.3) is 11.5 Å². The largest absolute Gasteiger partial charge is 0.497 e. The fraction of sp³-hybridized carbons (Fsp3) is 0.286. The van der Waals surface area contributed by atoms with Crippen molar-refractivity contribution in [2.24, 2.45) is 0 Å². The summed E-state index contributed by atoms with van der Waals surface area (Å²) in [6.45, 7) is 0.496. The molecule has 1 saturated heterocycles. The van der Waals surface area contributed by atoms with Gasteiger partial charge in [-0.05, 0) is 42.5 Å². The van der Waals surface area contributed by atoms with Crippen molar-refractivity contribution in [3.05, 3.63) is 48.3 Å². The molecule has 1 aliphatic heterocycles. The highest BCUT2D eigenvalue weighted by Crippen LogP contribution is 2.34. The maximum absolute atomic E-state index is 12.5. The normalized spacial score (nSPS) is 16.2. The second-order valence-electron chi connectivity index (χ2n) is 6.63. The highest BCUT2D eigenvalue weighted by molar-refractivity contribution is 5.96. The molecule has 0 radical (unpaired) electrons. The van der Waals surface area contributed by atoms with Crippen molar-refractivity contribution >= 4 is 11.6 Å². The van der Waals surface area contributed by atoms with Gasteiger partial charge in [-0.2, -0.15) is 4.98 Å². The Morgan fingerprint density at radius 2 is 1.76 bits per heavy atom. The van der Waals surface area contributed by atoms with Crippen LogP contribution in [0.1, 0.15) is 18.2 Å². The highest BCUT2D eigenvalue weighted by Gasteiger charge is 2.34. The Kier molecular flexibility index (Phi) is 5.07. The second-order valence-corrected chi connectivity index (χ2v) is 6.63. The summed E-state index contributed by atoms with van der Waals surface area (Å²) >= 11 is 0. The molecule has 1 aromatic heterocycles. The predicted octanol–water partition coefficient (Wildman–Crippen LogP) is 3.28. The van der Waals surface area contributed by atoms with Gasteiger partial charge in [0.05, 0.1) is 21.3 Å². The highest BCUT2D eigenvalue weighted by atomic mass is 16.5. The van der Waals surface area contributed by atoms with Crippen LogP contribution in [0.4, 0.5) is 5.69 Å². The van der Waals surface area contributed by atoms with Crippen molar-refractivity contribution < 1.29 is 23.5 Å². The first-order valence-corrected chi connectivity index (χ1v) is 9.13. The molecule has 0 spiro atoms. The van der Waals surface area contributed by atoms with Crippen LogP contribution in [0.15, 0.2) is 47.0 Å². The third kappa shape index (κ3) is 3.61. The van der Waals surface area contributed by atoms with Crippen LogP contribution >= 0.6 is 0 Å². The van der Waals surface area contributed by atoms with E-state index in [-0.39, 0.29) is 11.8 Å². The average molecular weight is 395 g/mol. The molecule has 1 aliphatic rings. The number of nitrogens with zero attached hydrogens (tertiary/aromatic N) is 3. The van der Waals surface area contributed by atoms with Crippen LogP contribution in [0, 0.1) is 0 Å². The number of aromatic nitrogens is 2. The Labute approximate surface area is 168 Å². The van der Waals surface area contributed by atoms with Crippen molar-refractivity contribution in [2.75, 3.05) is 32.8 Å². The minimum atomic E-state index is -0.137. The molecule has 1 fully saturated rings. The van der Waals surface area contributed by atoms with E-state index in [1.807, 2.05) is 30.3 Å². The van der Waals surface area contributed by atoms with Gasteiger partial charge in [0, 0.05) is 30.1 Å². The third-order valence-electron chi connectivity index (χ3n) is 4.95. The molecule has 29 heavy (non-hydrogen) atoms. The molecule has 0 aliphatic carbocycles. The molecule has 0 saturated carbocycles. The molecule has 0 N–H and O–H groups in total. The second kappa shape index (κ2) is 7.83. The first kappa shape index (κ1) is 18.8. The number of anilines is 1. The first-order valence-electron chi connectivity index (χ1n) is 9.13. The summed E-state index contributed by atoms with van der Waals surface area (Å²) in [4.78, 5) is 18.8. The van der Waals surface area contributed by atoms with E-state index in [9.17, 15) is 4.79 Å². The minimum absolute atomic E-state index is 0.0256. The fourth-order valence-corrected chi connectivity index (χ4v) is 3.38. The van der Waals surface area contributed by atoms with Gasteiger partial charge in [-0.15, -0.1) is 0 Å². The molecule has 0 unspecified atom stereocenters. The molecule has 0 bridgehead atoms. The Balaban J connectivity index is 1.53. The van der Waals surface area contributed by atoms with Gasteiger partial charge >= 0.3 is 0 Å². The van der Waals surface area contributed by atoms with Gasteiger partial charge in [0.1, 0.15) is 5.75 Å². The van der Waals surface area contributed by atoms with E-state index in [2.05, 4.69) is 10.1 Å². The first-order chi connectivity index (χ1) is 14.1. The third-order valence-corrected chi connectivity index (χ3v) is 4.95. The molecule has 8 nitrogen and oxygen atoms in total. The number of amides is 1. The van der Waals surface area contributed by atoms with Gasteiger partial charge in [0.2, 0.25) is 5.91 Å². The number of carbonyl (C=O) groups excluding carboxylic acids is 1. The molecule has 4 rings (SSSR count). The molecule has 8 heteroatoms. The van der Waals surface area contributed by atoms with Gasteiger partial charge in [0.15, 0.2) is 17.3 Å². The Morgan fingerprint density at radius 1 is 1.00 bits per heavy atom. The van der Waals surface area contributed by atoms with E-state index in [0.29, 0.717) is 36.2 Å². The average Bonchev–Trinajstić information content (AvgIpc) is 3.40. The van der Waals surface area contributed by atoms with E-state index in [1.165, 1.54) is 0 Å². The molecule has 3 aromatic rings. The quantitative estimate of drug-likeness (QED) is 0.633. The van der Waals surface area contributed by atoms with Crippen LogP contribution in [0.2, 0.25) is 0 Å². The standard InChI is InChI=1S/C21H21N3O5/c1-26-16-7-5-15(6-8-16)24-12-14(11-19(24)25)20-22-21(29-23-20)13-4-9-17(27-2)18(10-13)28-3/h4-10,14H,11-12H2,1-3H3/t14-/m1/s1. The monoisotopic (exact) mass is 395 g/mol. The van der Waals surface area contributed by atoms with Crippen LogP contribution in [0.3, 0.4) is 0 Å². The number of carbonyl (C=O) groups is 1. The summed E-state index contributed by atoms with van der Waals surface area (Å²) in [6, 6.07) is 12.8. The SMILES string of the molecule is COc1ccc(N2C[C@H](c3noc(-c4ccc(OC)c(OC)c4)n3)CC2=O)cc1. The maximum atomic E-state index is 12.5. The number of ether oxygens (including phenoxy) is 3. The Hall–Kier alpha value is -3.55. The lowest BCUT2D eigenvalue weighted by Gasteiger charge is -2.16. The van der Waals surface area contributed by atoms with Crippen LogP contribution in [-0.4, -0.2) is 43.9 Å². The smallest absolute Gasteiger partial charge is 0.258 e. The fourth-order valence-electron chi connectivity index (χ4n) is 3.38. The number of hydrogen-bond donors (Lipinski definition) is 0. The summed E-state index contributed by atoms with van der Waals surface area (Å²) in [7, 11) is 4.76. The van der Waals surface area contributed by atoms with Crippen molar-refractivity contribution in [3.63, 3.8) is 0 Å². The Bertz CT molecular complexity index is 1020. The van der Waals surface area contributed by atoms with Crippen LogP contribution in [-0.2, 0) is 4.79 Å². The van der Waals surface area contributed by atoms with E-state index >= 15 is 0 Å². The maximum Gasteiger partial charge on any atom is 0.258 e. The number of methoxy groups -OCH3 is 3. The van der Waals surface area contributed by atoms with Gasteiger partial charge in [0.25, 0.3) is 5.89 Å². The topological polar surface area (TPSA) is 86.9 Å². The molecule has 150 valence electrons. The number of benzene rings is 2. The lowest BCUT2D eigenvalue weighted by Crippen LogP contribution is -2.24. The summed E-state index contributed by atoms with van der Waals surface area (Å²) in [6.07, 6.45) is 0.330. The van der Waals surface area contributed by atoms with Crippen molar-refractivity contribution in [2.45, 2.75) is 12.3 Å². The zero-order valence-electron chi connectivity index (χ0n) is 16.4. The lowest BCUT2D eigenvalue weighted by atomic mass is 10.1. The summed E-state index contributed by atoms with van der Waals surface area (Å²) in [5, 5.41) is 4.11. The van der Waals surface area contributed by atoms with Gasteiger partial charge in [-0.1, -0.05) is 5.16 Å². The van der Waals surface area contributed by atoms with Crippen molar-refractivity contribution in [1.29, 1.82) is 0 Å². The number of hydrogen-bond acceptors (Lipinski definition) is 7. The summed E-state index contributed by atoms with van der Waals surface area (Å²) < 4.78 is 21.2. The molecule has 1 atom stereocenters. The van der Waals surface area contributed by atoms with Crippen molar-refractivity contribution in [1.82, 2.24) is 10.1 Å². The predicted molar refractivity (Wildman–Crippen MR) is 106 cm³/mol. The Morgan fingerprint density at radius 3 is 2.45 bits per heavy atom. The van der Waals surface area contributed by atoms with E-state index in [1.54, 1.807) is 38.4 Å². The van der Waals surface area contributed by atoms with Crippen molar-refractivity contribution in [3.8, 4) is 28.7 Å². The van der Waals surface area contributed by atoms with E-state index in [4.69, 9.17) is 18.7 Å². The molecule has 2 aromatic carbocycles. The van der Waals surface area contributed by atoms with E-state index < -0.39 is 0 Å². The minimum Gasteiger partial charge on any atom is -0.497 e. The molecule has 1 amide bonds. The van der Waals surface area contributed by atoms with E-state index in [0.717, 1.165) is 17.0 Å². The van der Waals surface area contributed by atoms with Gasteiger partial charge < -0.3 is 23.6 Å².